The van der Waals surface area contributed by atoms with Crippen LogP contribution in [0, 0.1) is 15.9 Å². The van der Waals surface area contributed by atoms with Crippen molar-refractivity contribution < 1.29 is 33.1 Å². The van der Waals surface area contributed by atoms with Gasteiger partial charge in [0, 0.05) is 25.5 Å². The first-order chi connectivity index (χ1) is 15.5. The van der Waals surface area contributed by atoms with Gasteiger partial charge in [-0.3, -0.25) is 33.6 Å². The first kappa shape index (κ1) is 23.8. The third-order valence-corrected chi connectivity index (χ3v) is 4.97. The molecule has 4 atom stereocenters. The Balaban J connectivity index is 2.11. The van der Waals surface area contributed by atoms with Crippen LogP contribution in [0.25, 0.3) is 0 Å². The molecule has 1 saturated heterocycles. The summed E-state index contributed by atoms with van der Waals surface area (Å²) in [4.78, 5) is 59.2. The fraction of sp³-hybridized carbons (Fsp3) is 0.400. The third-order valence-electron chi connectivity index (χ3n) is 4.97. The molecule has 33 heavy (non-hydrogen) atoms. The van der Waals surface area contributed by atoms with E-state index in [1.54, 1.807) is 0 Å². The fourth-order valence-corrected chi connectivity index (χ4v) is 3.60. The van der Waals surface area contributed by atoms with E-state index in [4.69, 9.17) is 14.2 Å². The number of hydrogen-bond donors (Lipinski definition) is 0. The normalized spacial score (nSPS) is 22.1. The lowest BCUT2D eigenvalue weighted by molar-refractivity contribution is -0.385. The Labute approximate surface area is 185 Å². The Morgan fingerprint density at radius 2 is 1.76 bits per heavy atom. The van der Waals surface area contributed by atoms with Gasteiger partial charge < -0.3 is 14.2 Å². The van der Waals surface area contributed by atoms with Crippen LogP contribution in [-0.4, -0.2) is 44.3 Å². The van der Waals surface area contributed by atoms with Crippen molar-refractivity contribution in [3.8, 4) is 0 Å². The highest BCUT2D eigenvalue weighted by Gasteiger charge is 2.48. The second-order valence-electron chi connectivity index (χ2n) is 7.32. The summed E-state index contributed by atoms with van der Waals surface area (Å²) in [5.74, 6) is -2.82. The van der Waals surface area contributed by atoms with E-state index in [0.717, 1.165) is 13.8 Å². The van der Waals surface area contributed by atoms with Gasteiger partial charge in [-0.1, -0.05) is 18.2 Å². The maximum absolute atomic E-state index is 14.6. The number of carbonyl (C=O) groups is 2. The van der Waals surface area contributed by atoms with Crippen LogP contribution in [-0.2, 0) is 30.3 Å². The average molecular weight is 465 g/mol. The van der Waals surface area contributed by atoms with Crippen LogP contribution in [0.2, 0.25) is 0 Å². The molecule has 0 N–H and O–H groups in total. The maximum atomic E-state index is 14.6. The monoisotopic (exact) mass is 465 g/mol. The van der Waals surface area contributed by atoms with Crippen molar-refractivity contribution in [3.05, 3.63) is 72.8 Å². The predicted octanol–water partition coefficient (Wildman–Crippen LogP) is 0.886. The molecule has 13 heteroatoms. The number of rotatable bonds is 6. The van der Waals surface area contributed by atoms with Crippen molar-refractivity contribution in [2.75, 3.05) is 0 Å². The minimum Gasteiger partial charge on any atom is -0.456 e. The van der Waals surface area contributed by atoms with Gasteiger partial charge >= 0.3 is 17.6 Å². The highest BCUT2D eigenvalue weighted by atomic mass is 19.1. The van der Waals surface area contributed by atoms with Gasteiger partial charge in [-0.15, -0.1) is 0 Å². The molecule has 1 fully saturated rings. The van der Waals surface area contributed by atoms with Gasteiger partial charge in [-0.05, 0) is 6.92 Å². The van der Waals surface area contributed by atoms with Crippen molar-refractivity contribution >= 4 is 17.6 Å². The SMILES string of the molecule is CC(=O)O[C@@H]1[C@H](OC(C)=O)[C@@H](C)O[C@H]1n1cc(F)c(=O)n(Cc2ccccc2[N+](=O)[O-])c1=O. The van der Waals surface area contributed by atoms with Crippen LogP contribution in [0.15, 0.2) is 40.1 Å². The smallest absolute Gasteiger partial charge is 0.333 e. The minimum absolute atomic E-state index is 0.00566. The van der Waals surface area contributed by atoms with Crippen LogP contribution in [0.1, 0.15) is 32.6 Å². The lowest BCUT2D eigenvalue weighted by atomic mass is 10.1. The van der Waals surface area contributed by atoms with E-state index in [0.29, 0.717) is 15.3 Å². The average Bonchev–Trinajstić information content (AvgIpc) is 3.02. The molecule has 1 aliphatic rings. The maximum Gasteiger partial charge on any atom is 0.333 e. The molecule has 3 rings (SSSR count). The molecule has 0 unspecified atom stereocenters. The molecule has 2 aromatic rings. The molecule has 0 amide bonds. The zero-order valence-corrected chi connectivity index (χ0v) is 17.8. The molecular formula is C20H20FN3O9. The number of ether oxygens (including phenoxy) is 3. The lowest BCUT2D eigenvalue weighted by Gasteiger charge is -2.24. The van der Waals surface area contributed by atoms with Crippen LogP contribution in [0.3, 0.4) is 0 Å². The largest absolute Gasteiger partial charge is 0.456 e. The Bertz CT molecular complexity index is 1220. The highest BCUT2D eigenvalue weighted by Crippen LogP contribution is 2.33. The van der Waals surface area contributed by atoms with Gasteiger partial charge in [0.15, 0.2) is 18.4 Å². The summed E-state index contributed by atoms with van der Waals surface area (Å²) in [5.41, 5.74) is -2.75. The molecule has 176 valence electrons. The van der Waals surface area contributed by atoms with E-state index in [9.17, 15) is 33.7 Å². The Kier molecular flexibility index (Phi) is 6.72. The van der Waals surface area contributed by atoms with Gasteiger partial charge in [0.1, 0.15) is 0 Å². The Morgan fingerprint density at radius 3 is 2.36 bits per heavy atom. The van der Waals surface area contributed by atoms with Crippen molar-refractivity contribution in [1.82, 2.24) is 9.13 Å². The van der Waals surface area contributed by atoms with E-state index >= 15 is 0 Å². The molecular weight excluding hydrogens is 445 g/mol. The Morgan fingerprint density at radius 1 is 1.15 bits per heavy atom. The molecule has 1 aromatic heterocycles. The zero-order valence-electron chi connectivity index (χ0n) is 17.8. The van der Waals surface area contributed by atoms with Crippen molar-refractivity contribution in [2.24, 2.45) is 0 Å². The summed E-state index contributed by atoms with van der Waals surface area (Å²) in [6.07, 6.45) is -4.14. The molecule has 1 aromatic carbocycles. The summed E-state index contributed by atoms with van der Waals surface area (Å²) < 4.78 is 31.7. The fourth-order valence-electron chi connectivity index (χ4n) is 3.60. The second-order valence-corrected chi connectivity index (χ2v) is 7.32. The van der Waals surface area contributed by atoms with Gasteiger partial charge in [0.25, 0.3) is 11.2 Å². The number of hydrogen-bond acceptors (Lipinski definition) is 9. The number of para-hydroxylation sites is 1. The van der Waals surface area contributed by atoms with Crippen LogP contribution in [0.5, 0.6) is 0 Å². The number of halogens is 1. The van der Waals surface area contributed by atoms with E-state index in [1.165, 1.54) is 31.2 Å². The summed E-state index contributed by atoms with van der Waals surface area (Å²) in [5, 5.41) is 11.3. The highest BCUT2D eigenvalue weighted by molar-refractivity contribution is 5.67. The standard InChI is InChI=1S/C20H20FN3O9/c1-10-16(32-11(2)25)17(33-12(3)26)19(31-10)23-9-14(21)18(27)22(20(23)28)8-13-6-4-5-7-15(13)24(29)30/h4-7,9-10,16-17,19H,8H2,1-3H3/t10-,16-,17-,19-/m1/s1. The van der Waals surface area contributed by atoms with E-state index in [1.807, 2.05) is 0 Å². The number of nitro benzene ring substituents is 1. The predicted molar refractivity (Wildman–Crippen MR) is 108 cm³/mol. The third kappa shape index (κ3) is 4.82. The first-order valence-corrected chi connectivity index (χ1v) is 9.75. The summed E-state index contributed by atoms with van der Waals surface area (Å²) in [6.45, 7) is 3.11. The number of nitrogens with zero attached hydrogens (tertiary/aromatic N) is 3. The molecule has 0 saturated carbocycles. The molecule has 0 aliphatic carbocycles. The van der Waals surface area contributed by atoms with Gasteiger partial charge in [0.05, 0.1) is 23.8 Å². The molecule has 0 radical (unpaired) electrons. The quantitative estimate of drug-likeness (QED) is 0.344. The molecule has 12 nitrogen and oxygen atoms in total. The number of esters is 2. The van der Waals surface area contributed by atoms with Gasteiger partial charge in [-0.25, -0.2) is 4.79 Å². The van der Waals surface area contributed by atoms with E-state index < -0.39 is 65.0 Å². The number of nitro groups is 1. The summed E-state index contributed by atoms with van der Waals surface area (Å²) >= 11 is 0. The summed E-state index contributed by atoms with van der Waals surface area (Å²) in [6, 6.07) is 5.38. The van der Waals surface area contributed by atoms with Crippen molar-refractivity contribution in [1.29, 1.82) is 0 Å². The molecule has 0 spiro atoms. The van der Waals surface area contributed by atoms with Crippen molar-refractivity contribution in [2.45, 2.75) is 51.9 Å². The molecule has 0 bridgehead atoms. The second kappa shape index (κ2) is 9.32. The number of aromatic nitrogens is 2. The zero-order chi connectivity index (χ0) is 24.4. The lowest BCUT2D eigenvalue weighted by Crippen LogP contribution is -2.46. The Hall–Kier alpha value is -3.87. The van der Waals surface area contributed by atoms with Crippen molar-refractivity contribution in [3.63, 3.8) is 0 Å². The van der Waals surface area contributed by atoms with E-state index in [-0.39, 0.29) is 11.3 Å². The van der Waals surface area contributed by atoms with Crippen LogP contribution < -0.4 is 11.2 Å². The number of benzene rings is 1. The van der Waals surface area contributed by atoms with Gasteiger partial charge in [0.2, 0.25) is 5.82 Å². The van der Waals surface area contributed by atoms with E-state index in [2.05, 4.69) is 0 Å². The summed E-state index contributed by atoms with van der Waals surface area (Å²) in [7, 11) is 0. The first-order valence-electron chi connectivity index (χ1n) is 9.75. The van der Waals surface area contributed by atoms with Gasteiger partial charge in [-0.2, -0.15) is 4.39 Å². The molecule has 2 heterocycles. The minimum atomic E-state index is -1.44. The number of carbonyl (C=O) groups excluding carboxylic acids is 2. The molecule has 1 aliphatic heterocycles. The van der Waals surface area contributed by atoms with Crippen LogP contribution in [0.4, 0.5) is 10.1 Å². The van der Waals surface area contributed by atoms with Crippen LogP contribution >= 0.6 is 0 Å². The topological polar surface area (TPSA) is 149 Å².